The third-order valence-electron chi connectivity index (χ3n) is 5.01. The monoisotopic (exact) mass is 396 g/mol. The average molecular weight is 397 g/mol. The summed E-state index contributed by atoms with van der Waals surface area (Å²) in [5.41, 5.74) is 6.85. The van der Waals surface area contributed by atoms with E-state index in [-0.39, 0.29) is 31.2 Å². The minimum absolute atomic E-state index is 0.129. The van der Waals surface area contributed by atoms with Gasteiger partial charge in [0.25, 0.3) is 10.2 Å². The van der Waals surface area contributed by atoms with Gasteiger partial charge in [0.1, 0.15) is 6.04 Å². The Hall–Kier alpha value is -1.52. The molecule has 1 amide bonds. The van der Waals surface area contributed by atoms with Gasteiger partial charge in [-0.25, -0.2) is 0 Å². The number of hydrogen-bond donors (Lipinski definition) is 1. The van der Waals surface area contributed by atoms with Gasteiger partial charge in [0.15, 0.2) is 0 Å². The number of nitrogens with two attached hydrogens (primary N) is 1. The molecule has 2 aliphatic rings. The molecule has 8 nitrogen and oxygen atoms in total. The SMILES string of the molecule is CC1CN(S(=O)(=O)N2CCN(C(=O)C(N)c3ccccc3)CC2)CC(C)O1. The van der Waals surface area contributed by atoms with Crippen molar-refractivity contribution in [2.75, 3.05) is 39.3 Å². The molecule has 2 fully saturated rings. The Balaban J connectivity index is 1.60. The summed E-state index contributed by atoms with van der Waals surface area (Å²) in [6, 6.07) is 8.48. The predicted octanol–water partition coefficient (Wildman–Crippen LogP) is 0.185. The third kappa shape index (κ3) is 4.49. The fraction of sp³-hybridized carbons (Fsp3) is 0.611. The van der Waals surface area contributed by atoms with Crippen LogP contribution in [0.25, 0.3) is 0 Å². The second kappa shape index (κ2) is 8.24. The molecule has 150 valence electrons. The van der Waals surface area contributed by atoms with Crippen LogP contribution in [0.2, 0.25) is 0 Å². The van der Waals surface area contributed by atoms with Crippen molar-refractivity contribution in [3.8, 4) is 0 Å². The number of hydrogen-bond acceptors (Lipinski definition) is 5. The molecule has 2 aliphatic heterocycles. The third-order valence-corrected chi connectivity index (χ3v) is 6.98. The molecule has 9 heteroatoms. The Morgan fingerprint density at radius 1 is 1.04 bits per heavy atom. The van der Waals surface area contributed by atoms with Crippen molar-refractivity contribution in [2.45, 2.75) is 32.1 Å². The molecule has 27 heavy (non-hydrogen) atoms. The topological polar surface area (TPSA) is 96.2 Å². The summed E-state index contributed by atoms with van der Waals surface area (Å²) in [4.78, 5) is 14.3. The number of nitrogens with zero attached hydrogens (tertiary/aromatic N) is 3. The van der Waals surface area contributed by atoms with Gasteiger partial charge < -0.3 is 15.4 Å². The van der Waals surface area contributed by atoms with Gasteiger partial charge in [-0.15, -0.1) is 0 Å². The number of rotatable bonds is 4. The molecule has 0 aliphatic carbocycles. The summed E-state index contributed by atoms with van der Waals surface area (Å²) in [6.07, 6.45) is -0.259. The normalized spacial score (nSPS) is 26.7. The summed E-state index contributed by atoms with van der Waals surface area (Å²) in [7, 11) is -3.56. The molecule has 3 atom stereocenters. The minimum Gasteiger partial charge on any atom is -0.373 e. The maximum absolute atomic E-state index is 12.9. The van der Waals surface area contributed by atoms with Crippen LogP contribution in [0.3, 0.4) is 0 Å². The minimum atomic E-state index is -3.56. The molecule has 3 rings (SSSR count). The van der Waals surface area contributed by atoms with Gasteiger partial charge in [0.05, 0.1) is 12.2 Å². The van der Waals surface area contributed by atoms with E-state index in [1.54, 1.807) is 4.90 Å². The van der Waals surface area contributed by atoms with Crippen molar-refractivity contribution in [2.24, 2.45) is 5.73 Å². The first-order chi connectivity index (χ1) is 12.8. The van der Waals surface area contributed by atoms with Crippen LogP contribution >= 0.6 is 0 Å². The van der Waals surface area contributed by atoms with Crippen molar-refractivity contribution < 1.29 is 17.9 Å². The molecule has 0 saturated carbocycles. The number of ether oxygens (including phenoxy) is 1. The maximum Gasteiger partial charge on any atom is 0.282 e. The zero-order valence-electron chi connectivity index (χ0n) is 15.8. The van der Waals surface area contributed by atoms with E-state index in [2.05, 4.69) is 0 Å². The highest BCUT2D eigenvalue weighted by molar-refractivity contribution is 7.86. The second-order valence-electron chi connectivity index (χ2n) is 7.19. The van der Waals surface area contributed by atoms with Crippen molar-refractivity contribution in [1.29, 1.82) is 0 Å². The van der Waals surface area contributed by atoms with Crippen molar-refractivity contribution in [1.82, 2.24) is 13.5 Å². The van der Waals surface area contributed by atoms with E-state index >= 15 is 0 Å². The predicted molar refractivity (Wildman–Crippen MR) is 102 cm³/mol. The number of carbonyl (C=O) groups excluding carboxylic acids is 1. The van der Waals surface area contributed by atoms with Crippen LogP contribution in [0.15, 0.2) is 30.3 Å². The molecule has 2 N–H and O–H groups in total. The van der Waals surface area contributed by atoms with E-state index in [4.69, 9.17) is 10.5 Å². The molecule has 1 aromatic rings. The highest BCUT2D eigenvalue weighted by Gasteiger charge is 2.37. The fourth-order valence-corrected chi connectivity index (χ4v) is 5.37. The van der Waals surface area contributed by atoms with Crippen LogP contribution in [0.5, 0.6) is 0 Å². The van der Waals surface area contributed by atoms with Crippen LogP contribution in [0, 0.1) is 0 Å². The fourth-order valence-electron chi connectivity index (χ4n) is 3.62. The average Bonchev–Trinajstić information content (AvgIpc) is 2.67. The largest absolute Gasteiger partial charge is 0.373 e. The van der Waals surface area contributed by atoms with Crippen molar-refractivity contribution in [3.05, 3.63) is 35.9 Å². The Morgan fingerprint density at radius 3 is 2.15 bits per heavy atom. The molecule has 0 spiro atoms. The lowest BCUT2D eigenvalue weighted by atomic mass is 10.1. The van der Waals surface area contributed by atoms with Gasteiger partial charge in [-0.1, -0.05) is 30.3 Å². The molecule has 1 aromatic carbocycles. The number of morpholine rings is 1. The van der Waals surface area contributed by atoms with Crippen molar-refractivity contribution in [3.63, 3.8) is 0 Å². The highest BCUT2D eigenvalue weighted by Crippen LogP contribution is 2.20. The summed E-state index contributed by atoms with van der Waals surface area (Å²) in [5, 5.41) is 0. The number of benzene rings is 1. The first-order valence-electron chi connectivity index (χ1n) is 9.29. The lowest BCUT2D eigenvalue weighted by molar-refractivity contribution is -0.134. The van der Waals surface area contributed by atoms with Gasteiger partial charge >= 0.3 is 0 Å². The Kier molecular flexibility index (Phi) is 6.17. The van der Waals surface area contributed by atoms with Crippen molar-refractivity contribution >= 4 is 16.1 Å². The zero-order valence-corrected chi connectivity index (χ0v) is 16.6. The molecule has 2 heterocycles. The van der Waals surface area contributed by atoms with E-state index in [9.17, 15) is 13.2 Å². The van der Waals surface area contributed by atoms with E-state index < -0.39 is 16.3 Å². The summed E-state index contributed by atoms with van der Waals surface area (Å²) in [5.74, 6) is -0.174. The molecule has 0 radical (unpaired) electrons. The second-order valence-corrected chi connectivity index (χ2v) is 9.12. The molecular weight excluding hydrogens is 368 g/mol. The Labute approximate surface area is 161 Å². The summed E-state index contributed by atoms with van der Waals surface area (Å²) in [6.45, 7) is 5.68. The smallest absolute Gasteiger partial charge is 0.282 e. The van der Waals surface area contributed by atoms with Gasteiger partial charge in [-0.2, -0.15) is 17.0 Å². The van der Waals surface area contributed by atoms with Gasteiger partial charge in [0.2, 0.25) is 5.91 Å². The van der Waals surface area contributed by atoms with Gasteiger partial charge in [-0.3, -0.25) is 4.79 Å². The first-order valence-corrected chi connectivity index (χ1v) is 10.7. The van der Waals surface area contributed by atoms with E-state index in [1.165, 1.54) is 8.61 Å². The van der Waals surface area contributed by atoms with Crippen LogP contribution in [-0.4, -0.2) is 79.3 Å². The molecule has 3 unspecified atom stereocenters. The van der Waals surface area contributed by atoms with Crippen LogP contribution in [-0.2, 0) is 19.7 Å². The lowest BCUT2D eigenvalue weighted by Gasteiger charge is -2.40. The quantitative estimate of drug-likeness (QED) is 0.784. The van der Waals surface area contributed by atoms with Crippen LogP contribution < -0.4 is 5.73 Å². The van der Waals surface area contributed by atoms with Gasteiger partial charge in [0, 0.05) is 39.3 Å². The van der Waals surface area contributed by atoms with Crippen LogP contribution in [0.1, 0.15) is 25.5 Å². The summed E-state index contributed by atoms with van der Waals surface area (Å²) < 4.78 is 34.4. The number of amides is 1. The summed E-state index contributed by atoms with van der Waals surface area (Å²) >= 11 is 0. The van der Waals surface area contributed by atoms with Gasteiger partial charge in [-0.05, 0) is 19.4 Å². The molecule has 0 aromatic heterocycles. The van der Waals surface area contributed by atoms with E-state index in [0.717, 1.165) is 5.56 Å². The maximum atomic E-state index is 12.9. The standard InChI is InChI=1S/C18H28N4O4S/c1-14-12-22(13-15(2)26-14)27(24,25)21-10-8-20(9-11-21)18(23)17(19)16-6-4-3-5-7-16/h3-7,14-15,17H,8-13,19H2,1-2H3. The number of carbonyl (C=O) groups is 1. The Morgan fingerprint density at radius 2 is 1.59 bits per heavy atom. The molecular formula is C18H28N4O4S. The molecule has 0 bridgehead atoms. The lowest BCUT2D eigenvalue weighted by Crippen LogP contribution is -2.58. The first kappa shape index (κ1) is 20.2. The van der Waals surface area contributed by atoms with E-state index in [1.807, 2.05) is 44.2 Å². The highest BCUT2D eigenvalue weighted by atomic mass is 32.2. The van der Waals surface area contributed by atoms with Crippen LogP contribution in [0.4, 0.5) is 0 Å². The molecule has 2 saturated heterocycles. The Bertz CT molecular complexity index is 740. The zero-order chi connectivity index (χ0) is 19.6. The number of piperazine rings is 1. The van der Waals surface area contributed by atoms with E-state index in [0.29, 0.717) is 26.2 Å².